The molecule has 0 aliphatic heterocycles. The zero-order valence-corrected chi connectivity index (χ0v) is 34.2. The zero-order valence-electron chi connectivity index (χ0n) is 32.4. The van der Waals surface area contributed by atoms with Crippen molar-refractivity contribution in [3.8, 4) is 0 Å². The monoisotopic (exact) mass is 733 g/mol. The van der Waals surface area contributed by atoms with Gasteiger partial charge in [-0.05, 0) is 0 Å². The summed E-state index contributed by atoms with van der Waals surface area (Å²) in [6, 6.07) is 0. The number of rotatable bonds is 26. The van der Waals surface area contributed by atoms with Crippen LogP contribution in [-0.2, 0) is 9.13 Å². The van der Waals surface area contributed by atoms with Crippen LogP contribution >= 0.6 is 15.6 Å². The van der Waals surface area contributed by atoms with E-state index in [2.05, 4.69) is 27.7 Å². The first kappa shape index (κ1) is 55.0. The molecular formula is C38H86O8P2. The maximum atomic E-state index is 8.88. The van der Waals surface area contributed by atoms with E-state index < -0.39 is 15.6 Å². The molecule has 0 spiro atoms. The summed E-state index contributed by atoms with van der Waals surface area (Å²) in [5.41, 5.74) is 0. The average Bonchev–Trinajstić information content (AvgIpc) is 3.02. The largest absolute Gasteiger partial charge is 0.466 e. The molecular weight excluding hydrogens is 646 g/mol. The van der Waals surface area contributed by atoms with E-state index in [0.29, 0.717) is 0 Å². The second-order valence-corrected chi connectivity index (χ2v) is 15.7. The molecule has 0 bridgehead atoms. The van der Waals surface area contributed by atoms with Gasteiger partial charge in [-0.2, -0.15) is 0 Å². The van der Waals surface area contributed by atoms with Crippen LogP contribution in [0.5, 0.6) is 0 Å². The predicted molar refractivity (Wildman–Crippen MR) is 208 cm³/mol. The van der Waals surface area contributed by atoms with Crippen molar-refractivity contribution in [1.29, 1.82) is 0 Å². The summed E-state index contributed by atoms with van der Waals surface area (Å²) in [4.78, 5) is 43.1. The second kappa shape index (κ2) is 47.2. The highest BCUT2D eigenvalue weighted by atomic mass is 31.2. The molecule has 48 heavy (non-hydrogen) atoms. The molecule has 1 rings (SSSR count). The van der Waals surface area contributed by atoms with Crippen LogP contribution in [0.1, 0.15) is 246 Å². The van der Waals surface area contributed by atoms with Gasteiger partial charge in [0.05, 0.1) is 0 Å². The van der Waals surface area contributed by atoms with Crippen molar-refractivity contribution < 1.29 is 38.5 Å². The van der Waals surface area contributed by atoms with Crippen molar-refractivity contribution in [2.24, 2.45) is 0 Å². The Bertz CT molecular complexity index is 532. The molecule has 1 aliphatic rings. The number of hydrogen-bond acceptors (Lipinski definition) is 2. The van der Waals surface area contributed by atoms with Gasteiger partial charge in [0.2, 0.25) is 0 Å². The second-order valence-electron chi connectivity index (χ2n) is 13.6. The van der Waals surface area contributed by atoms with Crippen LogP contribution in [-0.4, -0.2) is 29.4 Å². The van der Waals surface area contributed by atoms with Crippen molar-refractivity contribution >= 4 is 15.6 Å². The van der Waals surface area contributed by atoms with Gasteiger partial charge >= 0.3 is 15.6 Å². The van der Waals surface area contributed by atoms with Crippen LogP contribution in [0.4, 0.5) is 0 Å². The van der Waals surface area contributed by atoms with Crippen molar-refractivity contribution in [3.63, 3.8) is 0 Å². The van der Waals surface area contributed by atoms with Crippen LogP contribution in [0.2, 0.25) is 0 Å². The molecule has 0 atom stereocenters. The Morgan fingerprint density at radius 2 is 0.354 bits per heavy atom. The maximum Gasteiger partial charge on any atom is 0.466 e. The average molecular weight is 733 g/mol. The molecule has 296 valence electrons. The summed E-state index contributed by atoms with van der Waals surface area (Å²) in [7, 11) is -9.28. The van der Waals surface area contributed by atoms with Crippen LogP contribution in [0.15, 0.2) is 0 Å². The molecule has 6 N–H and O–H groups in total. The highest BCUT2D eigenvalue weighted by Crippen LogP contribution is 2.26. The Balaban J connectivity index is -0.000000279. The van der Waals surface area contributed by atoms with Gasteiger partial charge in [-0.1, -0.05) is 246 Å². The molecule has 0 aromatic carbocycles. The zero-order chi connectivity index (χ0) is 37.0. The molecule has 0 unspecified atom stereocenters. The molecule has 0 saturated heterocycles. The fraction of sp³-hybridized carbons (Fsp3) is 1.00. The van der Waals surface area contributed by atoms with Gasteiger partial charge in [0.15, 0.2) is 0 Å². The number of hydrogen-bond donors (Lipinski definition) is 6. The highest BCUT2D eigenvalue weighted by Gasteiger charge is 2.01. The van der Waals surface area contributed by atoms with Gasteiger partial charge in [0.25, 0.3) is 0 Å². The highest BCUT2D eigenvalue weighted by molar-refractivity contribution is 7.45. The van der Waals surface area contributed by atoms with E-state index in [1.807, 2.05) is 0 Å². The molecule has 1 saturated carbocycles. The Morgan fingerprint density at radius 3 is 0.438 bits per heavy atom. The first-order valence-corrected chi connectivity index (χ1v) is 23.5. The van der Waals surface area contributed by atoms with E-state index in [-0.39, 0.29) is 0 Å². The summed E-state index contributed by atoms with van der Waals surface area (Å²) in [5, 5.41) is 0. The number of unbranched alkanes of at least 4 members (excludes halogenated alkanes) is 26. The molecule has 0 aromatic heterocycles. The molecule has 0 radical (unpaired) electrons. The van der Waals surface area contributed by atoms with Crippen LogP contribution in [0.3, 0.4) is 0 Å². The maximum absolute atomic E-state index is 8.88. The third-order valence-electron chi connectivity index (χ3n) is 8.41. The van der Waals surface area contributed by atoms with Crippen LogP contribution in [0.25, 0.3) is 0 Å². The van der Waals surface area contributed by atoms with Crippen molar-refractivity contribution in [3.05, 3.63) is 0 Å². The predicted octanol–water partition coefficient (Wildman–Crippen LogP) is 13.5. The molecule has 1 fully saturated rings. The van der Waals surface area contributed by atoms with Crippen molar-refractivity contribution in [1.82, 2.24) is 0 Å². The van der Waals surface area contributed by atoms with E-state index in [0.717, 1.165) is 0 Å². The number of phosphoric acid groups is 2. The molecule has 0 aromatic rings. The Hall–Kier alpha value is 0.220. The van der Waals surface area contributed by atoms with Gasteiger partial charge in [-0.3, -0.25) is 0 Å². The first-order valence-electron chi connectivity index (χ1n) is 20.4. The third kappa shape index (κ3) is 91.0. The SMILES string of the molecule is C1CCCCC1.CCCCCCCCCCCCCCCC.CCCCCCCCCCCCCCCC.O=P(O)(O)O.O=P(O)(O)O. The third-order valence-corrected chi connectivity index (χ3v) is 8.41. The molecule has 1 aliphatic carbocycles. The molecule has 8 nitrogen and oxygen atoms in total. The van der Waals surface area contributed by atoms with Gasteiger partial charge < -0.3 is 29.4 Å². The summed E-state index contributed by atoms with van der Waals surface area (Å²) >= 11 is 0. The van der Waals surface area contributed by atoms with Gasteiger partial charge in [-0.15, -0.1) is 0 Å². The minimum atomic E-state index is -4.64. The Kier molecular flexibility index (Phi) is 54.1. The lowest BCUT2D eigenvalue weighted by Crippen LogP contribution is -1.85. The first-order chi connectivity index (χ1) is 22.8. The fourth-order valence-electron chi connectivity index (χ4n) is 5.60. The summed E-state index contributed by atoms with van der Waals surface area (Å²) in [6.45, 7) is 9.16. The van der Waals surface area contributed by atoms with Crippen molar-refractivity contribution in [2.45, 2.75) is 246 Å². The van der Waals surface area contributed by atoms with E-state index in [1.165, 1.54) is 218 Å². The minimum Gasteiger partial charge on any atom is -0.303 e. The van der Waals surface area contributed by atoms with Gasteiger partial charge in [-0.25, -0.2) is 9.13 Å². The standard InChI is InChI=1S/2C16H34.C6H12.2H3O4P/c2*1-3-5-7-9-11-13-15-16-14-12-10-8-6-4-2;1-2-4-6-5-3-1;2*1-5(2,3)4/h2*3-16H2,1-2H3;1-6H2;2*(H3,1,2,3,4). The summed E-state index contributed by atoms with van der Waals surface area (Å²) < 4.78 is 17.8. The lowest BCUT2D eigenvalue weighted by Gasteiger charge is -2.05. The van der Waals surface area contributed by atoms with E-state index >= 15 is 0 Å². The molecule has 10 heteroatoms. The van der Waals surface area contributed by atoms with Crippen LogP contribution in [0, 0.1) is 0 Å². The molecule has 0 amide bonds. The quantitative estimate of drug-likeness (QED) is 0.0379. The van der Waals surface area contributed by atoms with E-state index in [1.54, 1.807) is 0 Å². The summed E-state index contributed by atoms with van der Waals surface area (Å²) in [5.74, 6) is 0. The topological polar surface area (TPSA) is 156 Å². The Morgan fingerprint density at radius 1 is 0.271 bits per heavy atom. The lowest BCUT2D eigenvalue weighted by molar-refractivity contribution is 0.272. The van der Waals surface area contributed by atoms with E-state index in [4.69, 9.17) is 38.5 Å². The molecule has 0 heterocycles. The van der Waals surface area contributed by atoms with Gasteiger partial charge in [0.1, 0.15) is 0 Å². The summed E-state index contributed by atoms with van der Waals surface area (Å²) in [6.07, 6.45) is 49.8. The lowest BCUT2D eigenvalue weighted by atomic mass is 10.0. The smallest absolute Gasteiger partial charge is 0.303 e. The normalized spacial score (nSPS) is 12.7. The fourth-order valence-corrected chi connectivity index (χ4v) is 5.60. The van der Waals surface area contributed by atoms with Crippen LogP contribution < -0.4 is 0 Å². The van der Waals surface area contributed by atoms with E-state index in [9.17, 15) is 0 Å². The minimum absolute atomic E-state index is 1.37. The van der Waals surface area contributed by atoms with Gasteiger partial charge in [0, 0.05) is 0 Å². The van der Waals surface area contributed by atoms with Crippen molar-refractivity contribution in [2.75, 3.05) is 0 Å². The Labute approximate surface area is 299 Å².